The second-order valence-corrected chi connectivity index (χ2v) is 49.7. The molecule has 4 heteroatoms. The molecule has 1 aromatic rings. The van der Waals surface area contributed by atoms with Gasteiger partial charge in [0.25, 0.3) is 0 Å². The molecule has 0 aromatic heterocycles. The second-order valence-electron chi connectivity index (χ2n) is 9.33. The second kappa shape index (κ2) is 5.79. The number of hydrogen-bond donors (Lipinski definition) is 0. The minimum atomic E-state index is -1.43. The van der Waals surface area contributed by atoms with Gasteiger partial charge in [-0.15, -0.1) is 0 Å². The summed E-state index contributed by atoms with van der Waals surface area (Å²) < 4.78 is 0. The lowest BCUT2D eigenvalue weighted by atomic mass is 10.2. The average Bonchev–Trinajstić information content (AvgIpc) is 2.24. The Morgan fingerprint density at radius 2 is 1.00 bits per heavy atom. The molecule has 0 saturated heterocycles. The van der Waals surface area contributed by atoms with Crippen molar-refractivity contribution >= 4 is 40.7 Å². The van der Waals surface area contributed by atoms with Gasteiger partial charge in [-0.25, -0.2) is 0 Å². The van der Waals surface area contributed by atoms with Gasteiger partial charge in [0.05, 0.1) is 6.63 Å². The highest BCUT2D eigenvalue weighted by Gasteiger charge is 2.62. The zero-order valence-corrected chi connectivity index (χ0v) is 19.6. The van der Waals surface area contributed by atoms with Crippen LogP contribution in [0.3, 0.4) is 0 Å². The fourth-order valence-corrected chi connectivity index (χ4v) is 106. The van der Waals surface area contributed by atoms with Crippen LogP contribution in [0.4, 0.5) is 0 Å². The molecule has 1 aromatic carbocycles. The highest BCUT2D eigenvalue weighted by molar-refractivity contribution is 7.92. The smallest absolute Gasteiger partial charge is 0.0685 e. The molecule has 21 heavy (non-hydrogen) atoms. The quantitative estimate of drug-likeness (QED) is 0.637. The summed E-state index contributed by atoms with van der Waals surface area (Å²) in [6.45, 7) is 26.3. The molecule has 0 atom stereocenters. The lowest BCUT2D eigenvalue weighted by molar-refractivity contribution is 1.67. The van der Waals surface area contributed by atoms with Crippen molar-refractivity contribution in [3.63, 3.8) is 0 Å². The molecule has 1 rings (SSSR count). The first-order valence-corrected chi connectivity index (χ1v) is 23.5. The molecule has 118 valence electrons. The van der Waals surface area contributed by atoms with Crippen LogP contribution >= 0.6 is 0 Å². The molecule has 0 saturated carbocycles. The lowest BCUT2D eigenvalue weighted by Gasteiger charge is -2.57. The summed E-state index contributed by atoms with van der Waals surface area (Å²) in [5, 5.41) is 1.76. The Kier molecular flexibility index (Phi) is 5.21. The molecule has 0 aliphatic carbocycles. The number of hydrogen-bond acceptors (Lipinski definition) is 0. The molecule has 0 aliphatic rings. The van der Waals surface area contributed by atoms with E-state index in [9.17, 15) is 0 Å². The van der Waals surface area contributed by atoms with E-state index < -0.39 is 29.4 Å². The van der Waals surface area contributed by atoms with E-state index in [2.05, 4.69) is 89.8 Å². The van der Waals surface area contributed by atoms with Crippen molar-refractivity contribution in [2.75, 3.05) is 0 Å². The van der Waals surface area contributed by atoms with Crippen LogP contribution in [-0.2, 0) is 0 Å². The van der Waals surface area contributed by atoms with Crippen LogP contribution < -0.4 is 5.19 Å². The molecule has 0 aliphatic heterocycles. The summed E-state index contributed by atoms with van der Waals surface area (Å²) in [7, 11) is -3.72. The predicted molar refractivity (Wildman–Crippen MR) is 112 cm³/mol. The topological polar surface area (TPSA) is 0 Å². The van der Waals surface area contributed by atoms with Gasteiger partial charge in [0.2, 0.25) is 0 Å². The number of rotatable bonds is 5. The molecular formula is C17H34Si4. The van der Waals surface area contributed by atoms with Crippen LogP contribution in [-0.4, -0.2) is 29.4 Å². The van der Waals surface area contributed by atoms with Crippen molar-refractivity contribution in [3.05, 3.63) is 36.4 Å². The zero-order chi connectivity index (χ0) is 16.7. The predicted octanol–water partition coefficient (Wildman–Crippen LogP) is 5.24. The third kappa shape index (κ3) is 3.14. The Morgan fingerprint density at radius 3 is 1.24 bits per heavy atom. The van der Waals surface area contributed by atoms with Gasteiger partial charge in [0, 0.05) is 22.8 Å². The fraction of sp³-hybridized carbons (Fsp3) is 0.529. The van der Waals surface area contributed by atoms with Gasteiger partial charge in [-0.05, 0) is 5.56 Å². The van der Waals surface area contributed by atoms with Crippen LogP contribution in [0.2, 0.25) is 58.9 Å². The lowest BCUT2D eigenvalue weighted by Crippen LogP contribution is -2.88. The van der Waals surface area contributed by atoms with Gasteiger partial charge in [-0.1, -0.05) is 101 Å². The molecule has 0 fully saturated rings. The maximum Gasteiger partial charge on any atom is 0.0685 e. The van der Waals surface area contributed by atoms with Crippen LogP contribution in [0.5, 0.6) is 0 Å². The van der Waals surface area contributed by atoms with E-state index in [0.29, 0.717) is 0 Å². The van der Waals surface area contributed by atoms with Gasteiger partial charge in [0.1, 0.15) is 0 Å². The van der Waals surface area contributed by atoms with Gasteiger partial charge < -0.3 is 0 Å². The van der Waals surface area contributed by atoms with Crippen LogP contribution in [0, 0.1) is 0 Å². The first-order chi connectivity index (χ1) is 9.29. The molecule has 0 nitrogen and oxygen atoms in total. The Labute approximate surface area is 136 Å². The Hall–Kier alpha value is -0.172. The maximum absolute atomic E-state index is 3.91. The van der Waals surface area contributed by atoms with E-state index in [4.69, 9.17) is 0 Å². The molecule has 0 N–H and O–H groups in total. The van der Waals surface area contributed by atoms with Crippen LogP contribution in [0.25, 0.3) is 6.08 Å². The normalized spacial score (nSPS) is 14.1. The Balaban J connectivity index is 3.76. The van der Waals surface area contributed by atoms with Crippen LogP contribution in [0.1, 0.15) is 5.56 Å². The minimum absolute atomic E-state index is 1.24. The Bertz CT molecular complexity index is 460. The SMILES string of the molecule is C=Cc1ccc([Si]([Si](C)(C)C)([Si](C)(C)C)[Si](C)(C)C)cc1. The van der Waals surface area contributed by atoms with Gasteiger partial charge >= 0.3 is 0 Å². The van der Waals surface area contributed by atoms with E-state index in [1.54, 1.807) is 5.19 Å². The third-order valence-electron chi connectivity index (χ3n) is 4.95. The largest absolute Gasteiger partial charge is 0.0985 e. The first kappa shape index (κ1) is 18.9. The molecule has 0 heterocycles. The summed E-state index contributed by atoms with van der Waals surface area (Å²) >= 11 is 0. The summed E-state index contributed by atoms with van der Waals surface area (Å²) in [4.78, 5) is 0. The van der Waals surface area contributed by atoms with E-state index >= 15 is 0 Å². The monoisotopic (exact) mass is 350 g/mol. The Morgan fingerprint density at radius 1 is 0.667 bits per heavy atom. The summed E-state index contributed by atoms with van der Waals surface area (Å²) in [5.41, 5.74) is 1.25. The summed E-state index contributed by atoms with van der Waals surface area (Å²) in [6, 6.07) is 9.53. The minimum Gasteiger partial charge on any atom is -0.0985 e. The van der Waals surface area contributed by atoms with Gasteiger partial charge in [-0.3, -0.25) is 0 Å². The van der Waals surface area contributed by atoms with Gasteiger partial charge in [0.15, 0.2) is 0 Å². The summed E-state index contributed by atoms with van der Waals surface area (Å²) in [5.74, 6) is 0. The van der Waals surface area contributed by atoms with Crippen molar-refractivity contribution in [1.82, 2.24) is 0 Å². The van der Waals surface area contributed by atoms with Crippen molar-refractivity contribution in [2.45, 2.75) is 58.9 Å². The standard InChI is InChI=1S/C17H34Si4/c1-11-16-12-14-17(15-13-16)21(18(2,3)4,19(5,6)7)20(8,9)10/h11-15H,1H2,2-10H3. The maximum atomic E-state index is 3.91. The van der Waals surface area contributed by atoms with E-state index in [-0.39, 0.29) is 0 Å². The van der Waals surface area contributed by atoms with Crippen molar-refractivity contribution in [1.29, 1.82) is 0 Å². The summed E-state index contributed by atoms with van der Waals surface area (Å²) in [6.07, 6.45) is 1.96. The first-order valence-electron chi connectivity index (χ1n) is 8.02. The molecule has 0 spiro atoms. The van der Waals surface area contributed by atoms with Crippen molar-refractivity contribution in [2.24, 2.45) is 0 Å². The van der Waals surface area contributed by atoms with Crippen LogP contribution in [0.15, 0.2) is 30.8 Å². The van der Waals surface area contributed by atoms with E-state index in [1.165, 1.54) is 5.56 Å². The number of benzene rings is 1. The highest BCUT2D eigenvalue weighted by atomic mass is 29.9. The third-order valence-corrected chi connectivity index (χ3v) is 76.3. The van der Waals surface area contributed by atoms with E-state index in [1.807, 2.05) is 6.08 Å². The highest BCUT2D eigenvalue weighted by Crippen LogP contribution is 2.36. The van der Waals surface area contributed by atoms with Crippen molar-refractivity contribution < 1.29 is 0 Å². The van der Waals surface area contributed by atoms with Crippen molar-refractivity contribution in [3.8, 4) is 0 Å². The van der Waals surface area contributed by atoms with Gasteiger partial charge in [-0.2, -0.15) is 0 Å². The molecule has 0 radical (unpaired) electrons. The molecule has 0 bridgehead atoms. The van der Waals surface area contributed by atoms with E-state index in [0.717, 1.165) is 0 Å². The molecule has 0 amide bonds. The molecular weight excluding hydrogens is 317 g/mol. The molecule has 0 unspecified atom stereocenters. The fourth-order valence-electron chi connectivity index (χ4n) is 5.54. The average molecular weight is 351 g/mol. The zero-order valence-electron chi connectivity index (χ0n) is 15.6.